The van der Waals surface area contributed by atoms with Crippen LogP contribution in [0, 0.1) is 0 Å². The molecule has 0 unspecified atom stereocenters. The summed E-state index contributed by atoms with van der Waals surface area (Å²) in [6.45, 7) is 0. The van der Waals surface area contributed by atoms with Crippen molar-refractivity contribution in [2.24, 2.45) is 0 Å². The molecule has 0 saturated heterocycles. The fourth-order valence-corrected chi connectivity index (χ4v) is 0.669. The first-order valence-electron chi connectivity index (χ1n) is 2.80. The molecule has 7 heteroatoms. The first-order chi connectivity index (χ1) is 5.11. The molecule has 0 radical (unpaired) electrons. The fourth-order valence-electron chi connectivity index (χ4n) is 0.669. The van der Waals surface area contributed by atoms with E-state index in [1.165, 1.54) is 0 Å². The Bertz CT molecular complexity index is 303. The van der Waals surface area contributed by atoms with E-state index in [0.29, 0.717) is 0 Å². The summed E-state index contributed by atoms with van der Waals surface area (Å²) < 4.78 is 0. The number of carboxylic acids is 1. The zero-order chi connectivity index (χ0) is 8.43. The average Bonchev–Trinajstić information content (AvgIpc) is 1.94. The van der Waals surface area contributed by atoms with Gasteiger partial charge in [-0.3, -0.25) is 0 Å². The molecule has 0 amide bonds. The normalized spacial score (nSPS) is 7.43. The van der Waals surface area contributed by atoms with E-state index >= 15 is 0 Å². The molecule has 58 valence electrons. The summed E-state index contributed by atoms with van der Waals surface area (Å²) in [5, 5.41) is 31.3. The van der Waals surface area contributed by atoms with E-state index in [9.17, 15) is 20.1 Å². The zero-order valence-electron chi connectivity index (χ0n) is 8.37. The van der Waals surface area contributed by atoms with Gasteiger partial charge in [0.05, 0.1) is 5.97 Å². The minimum absolute atomic E-state index is 0. The van der Waals surface area contributed by atoms with Gasteiger partial charge >= 0.3 is 154 Å². The van der Waals surface area contributed by atoms with Gasteiger partial charge in [0.25, 0.3) is 0 Å². The Morgan fingerprint density at radius 2 is 1.57 bits per heavy atom. The Balaban J connectivity index is -0.000000403. The third-order valence-corrected chi connectivity index (χ3v) is 1.17. The van der Waals surface area contributed by atoms with Crippen molar-refractivity contribution < 1.29 is 174 Å². The van der Waals surface area contributed by atoms with E-state index < -0.39 is 23.0 Å². The van der Waals surface area contributed by atoms with Gasteiger partial charge < -0.3 is 20.1 Å². The van der Waals surface area contributed by atoms with Gasteiger partial charge in [0.1, 0.15) is 0 Å². The van der Waals surface area contributed by atoms with Crippen molar-refractivity contribution in [3.63, 3.8) is 0 Å². The van der Waals surface area contributed by atoms with Gasteiger partial charge in [-0.05, 0) is 5.56 Å². The van der Waals surface area contributed by atoms with E-state index in [0.717, 1.165) is 18.2 Å². The van der Waals surface area contributed by atoms with Crippen molar-refractivity contribution >= 4 is 5.97 Å². The van der Waals surface area contributed by atoms with Gasteiger partial charge in [-0.25, -0.2) is 0 Å². The third-order valence-electron chi connectivity index (χ3n) is 1.17. The Morgan fingerprint density at radius 1 is 1.07 bits per heavy atom. The topological polar surface area (TPSA) is 86.2 Å². The van der Waals surface area contributed by atoms with Crippen LogP contribution in [0.25, 0.3) is 0 Å². The smallest absolute Gasteiger partial charge is 0.872 e. The second-order valence-corrected chi connectivity index (χ2v) is 1.95. The van der Waals surface area contributed by atoms with Crippen LogP contribution in [0.3, 0.4) is 0 Å². The van der Waals surface area contributed by atoms with Crippen LogP contribution in [0.4, 0.5) is 0 Å². The van der Waals surface area contributed by atoms with Crippen molar-refractivity contribution in [1.82, 2.24) is 0 Å². The van der Waals surface area contributed by atoms with E-state index in [-0.39, 0.29) is 154 Å². The summed E-state index contributed by atoms with van der Waals surface area (Å²) >= 11 is 0. The summed E-state index contributed by atoms with van der Waals surface area (Å²) in [6, 6.07) is 2.67. The summed E-state index contributed by atoms with van der Waals surface area (Å²) in [5.41, 5.74) is -0.586. The van der Waals surface area contributed by atoms with Gasteiger partial charge in [-0.2, -0.15) is 0 Å². The number of carbonyl (C=O) groups is 1. The van der Waals surface area contributed by atoms with E-state index in [1.54, 1.807) is 0 Å². The molecule has 1 aromatic carbocycles. The van der Waals surface area contributed by atoms with Crippen LogP contribution < -0.4 is 169 Å². The van der Waals surface area contributed by atoms with Gasteiger partial charge in [0.15, 0.2) is 0 Å². The number of aromatic carboxylic acids is 1. The standard InChI is InChI=1S/C7H6O4.3K/c8-4-1-2-6(9)5(3-4)7(10)11;;;/h1-3,8-9H,(H,10,11);;;/q;3*+1/p-3. The maximum absolute atomic E-state index is 10.7. The molecule has 0 saturated carbocycles. The quantitative estimate of drug-likeness (QED) is 0.473. The Labute approximate surface area is 209 Å². The molecular formula is C7H3K3O4. The van der Waals surface area contributed by atoms with E-state index in [2.05, 4.69) is 0 Å². The van der Waals surface area contributed by atoms with Crippen LogP contribution in [-0.2, 0) is 0 Å². The second-order valence-electron chi connectivity index (χ2n) is 1.95. The molecule has 0 spiro atoms. The second kappa shape index (κ2) is 11.3. The molecule has 14 heavy (non-hydrogen) atoms. The molecular weight excluding hydrogens is 265 g/mol. The molecule has 1 aromatic rings. The van der Waals surface area contributed by atoms with Crippen molar-refractivity contribution in [3.8, 4) is 11.5 Å². The predicted octanol–water partition coefficient (Wildman–Crippen LogP) is -10.8. The molecule has 0 aliphatic heterocycles. The fraction of sp³-hybridized carbons (Fsp3) is 0. The van der Waals surface area contributed by atoms with Crippen molar-refractivity contribution in [1.29, 1.82) is 0 Å². The van der Waals surface area contributed by atoms with Gasteiger partial charge in [-0.1, -0.05) is 23.9 Å². The predicted molar refractivity (Wildman–Crippen MR) is 29.7 cm³/mol. The maximum Gasteiger partial charge on any atom is 1.00 e. The van der Waals surface area contributed by atoms with Crippen LogP contribution in [0.5, 0.6) is 11.5 Å². The molecule has 0 aromatic heterocycles. The summed E-state index contributed by atoms with van der Waals surface area (Å²) in [7, 11) is 0. The van der Waals surface area contributed by atoms with Crippen LogP contribution in [0.15, 0.2) is 18.2 Å². The third kappa shape index (κ3) is 7.51. The molecule has 0 heterocycles. The Hall–Kier alpha value is 3.20. The molecule has 1 rings (SSSR count). The summed E-state index contributed by atoms with van der Waals surface area (Å²) in [4.78, 5) is 10.1. The van der Waals surface area contributed by atoms with Gasteiger partial charge in [-0.15, -0.1) is 5.75 Å². The van der Waals surface area contributed by atoms with Crippen LogP contribution in [-0.4, -0.2) is 5.97 Å². The van der Waals surface area contributed by atoms with Gasteiger partial charge in [0.2, 0.25) is 0 Å². The molecule has 0 aliphatic rings. The molecule has 0 fully saturated rings. The number of rotatable bonds is 1. The minimum atomic E-state index is -1.62. The number of hydrogen-bond donors (Lipinski definition) is 0. The van der Waals surface area contributed by atoms with Crippen LogP contribution in [0.2, 0.25) is 0 Å². The maximum atomic E-state index is 10.7. The average molecular weight is 268 g/mol. The Kier molecular flexibility index (Phi) is 18.1. The molecule has 0 N–H and O–H groups in total. The Morgan fingerprint density at radius 3 is 1.93 bits per heavy atom. The molecule has 0 bridgehead atoms. The van der Waals surface area contributed by atoms with Crippen molar-refractivity contribution in [2.75, 3.05) is 0 Å². The number of carboxylic acid groups (broad SMARTS) is 1. The number of carbonyl (C=O) groups excluding carboxylic acids is 1. The van der Waals surface area contributed by atoms with E-state index in [1.807, 2.05) is 0 Å². The molecule has 0 atom stereocenters. The summed E-state index contributed by atoms with van der Waals surface area (Å²) in [5.74, 6) is -2.83. The number of hydrogen-bond acceptors (Lipinski definition) is 4. The number of benzene rings is 1. The molecule has 4 nitrogen and oxygen atoms in total. The van der Waals surface area contributed by atoms with Crippen molar-refractivity contribution in [2.45, 2.75) is 0 Å². The minimum Gasteiger partial charge on any atom is -0.872 e. The first kappa shape index (κ1) is 22.4. The van der Waals surface area contributed by atoms with Crippen LogP contribution in [0.1, 0.15) is 10.4 Å². The largest absolute Gasteiger partial charge is 1.00 e. The first-order valence-corrected chi connectivity index (χ1v) is 2.80. The van der Waals surface area contributed by atoms with Gasteiger partial charge in [0, 0.05) is 0 Å². The molecule has 0 aliphatic carbocycles. The van der Waals surface area contributed by atoms with E-state index in [4.69, 9.17) is 0 Å². The SMILES string of the molecule is O=C([O-])c1cc([O-])ccc1[O-].[K+].[K+].[K+]. The monoisotopic (exact) mass is 268 g/mol. The summed E-state index contributed by atoms with van der Waals surface area (Å²) in [6.07, 6.45) is 0. The van der Waals surface area contributed by atoms with Crippen LogP contribution >= 0.6 is 0 Å². The van der Waals surface area contributed by atoms with Crippen molar-refractivity contribution in [3.05, 3.63) is 23.8 Å². The zero-order valence-corrected chi connectivity index (χ0v) is 17.7.